The van der Waals surface area contributed by atoms with E-state index in [0.29, 0.717) is 0 Å². The molecule has 16 heteroatoms. The first-order valence-corrected chi connectivity index (χ1v) is 8.95. The summed E-state index contributed by atoms with van der Waals surface area (Å²) in [6.07, 6.45) is -4.23. The smallest absolute Gasteiger partial charge is 0.326 e. The third-order valence-corrected chi connectivity index (χ3v) is 3.83. The number of rotatable bonds is 14. The van der Waals surface area contributed by atoms with E-state index in [1.165, 1.54) is 0 Å². The zero-order chi connectivity index (χ0) is 25.2. The molecule has 5 unspecified atom stereocenters. The number of carbonyl (C=O) groups excluding carboxylic acids is 4. The van der Waals surface area contributed by atoms with Crippen molar-refractivity contribution in [1.82, 2.24) is 16.0 Å². The van der Waals surface area contributed by atoms with Gasteiger partial charge in [-0.25, -0.2) is 4.79 Å². The van der Waals surface area contributed by atoms with Crippen LogP contribution in [0.3, 0.4) is 0 Å². The molecule has 0 radical (unpaired) electrons. The van der Waals surface area contributed by atoms with Gasteiger partial charge in [-0.2, -0.15) is 0 Å². The SMILES string of the molecule is CC(O)C(NC(=O)C(N)CC(N)=O)C(=O)NC(CC(=O)O)C(=O)NC(CC(=O)O)C(=O)O. The first kappa shape index (κ1) is 28.2. The number of nitrogens with two attached hydrogens (primary N) is 2. The lowest BCUT2D eigenvalue weighted by Crippen LogP contribution is -2.60. The van der Waals surface area contributed by atoms with Crippen LogP contribution < -0.4 is 27.4 Å². The van der Waals surface area contributed by atoms with Gasteiger partial charge < -0.3 is 47.8 Å². The number of primary amides is 1. The molecule has 0 aromatic carbocycles. The highest BCUT2D eigenvalue weighted by Crippen LogP contribution is 2.02. The summed E-state index contributed by atoms with van der Waals surface area (Å²) in [6, 6.07) is -7.04. The lowest BCUT2D eigenvalue weighted by atomic mass is 10.1. The van der Waals surface area contributed by atoms with Crippen molar-refractivity contribution in [3.05, 3.63) is 0 Å². The molecule has 5 atom stereocenters. The molecular weight excluding hydrogens is 438 g/mol. The molecule has 0 bridgehead atoms. The number of aliphatic carboxylic acids is 3. The molecule has 0 saturated carbocycles. The number of aliphatic hydroxyl groups excluding tert-OH is 1. The Kier molecular flexibility index (Phi) is 11.3. The zero-order valence-corrected chi connectivity index (χ0v) is 16.8. The summed E-state index contributed by atoms with van der Waals surface area (Å²) in [4.78, 5) is 80.4. The molecule has 0 saturated heterocycles. The Morgan fingerprint density at radius 3 is 1.62 bits per heavy atom. The number of carboxylic acid groups (broad SMARTS) is 3. The highest BCUT2D eigenvalue weighted by Gasteiger charge is 2.34. The van der Waals surface area contributed by atoms with E-state index in [-0.39, 0.29) is 0 Å². The maximum Gasteiger partial charge on any atom is 0.326 e. The van der Waals surface area contributed by atoms with Crippen LogP contribution in [0.1, 0.15) is 26.2 Å². The zero-order valence-electron chi connectivity index (χ0n) is 16.8. The number of hydrogen-bond donors (Lipinski definition) is 9. The van der Waals surface area contributed by atoms with E-state index in [0.717, 1.165) is 6.92 Å². The molecule has 180 valence electrons. The predicted octanol–water partition coefficient (Wildman–Crippen LogP) is -4.94. The monoisotopic (exact) mass is 463 g/mol. The first-order chi connectivity index (χ1) is 14.6. The molecule has 0 aliphatic carbocycles. The van der Waals surface area contributed by atoms with Crippen LogP contribution in [-0.2, 0) is 33.6 Å². The maximum absolute atomic E-state index is 12.5. The summed E-state index contributed by atoms with van der Waals surface area (Å²) in [5.74, 6) is -9.44. The second-order valence-electron chi connectivity index (χ2n) is 6.66. The topological polar surface area (TPSA) is 289 Å². The van der Waals surface area contributed by atoms with E-state index in [2.05, 4.69) is 0 Å². The van der Waals surface area contributed by atoms with Crippen LogP contribution in [0.4, 0.5) is 0 Å². The van der Waals surface area contributed by atoms with Gasteiger partial charge in [-0.05, 0) is 6.92 Å². The lowest BCUT2D eigenvalue weighted by molar-refractivity contribution is -0.148. The molecular formula is C16H25N5O11. The molecule has 0 spiro atoms. The average Bonchev–Trinajstić information content (AvgIpc) is 2.62. The number of nitrogens with one attached hydrogen (secondary N) is 3. The Bertz CT molecular complexity index is 769. The molecule has 0 heterocycles. The lowest BCUT2D eigenvalue weighted by Gasteiger charge is -2.25. The van der Waals surface area contributed by atoms with Crippen molar-refractivity contribution in [3.63, 3.8) is 0 Å². The standard InChI is InChI=1S/C16H25N5O11/c1-5(22)12(21-13(28)6(17)2-9(18)23)15(30)19-7(3-10(24)25)14(29)20-8(16(31)32)4-11(26)27/h5-8,12,22H,2-4,17H2,1H3,(H2,18,23)(H,19,30)(H,20,29)(H,21,28)(H,24,25)(H,26,27)(H,31,32). The molecule has 0 aliphatic rings. The van der Waals surface area contributed by atoms with Gasteiger partial charge in [0.15, 0.2) is 0 Å². The number of hydrogen-bond acceptors (Lipinski definition) is 9. The predicted molar refractivity (Wildman–Crippen MR) is 101 cm³/mol. The van der Waals surface area contributed by atoms with Crippen molar-refractivity contribution in [3.8, 4) is 0 Å². The minimum atomic E-state index is -1.92. The summed E-state index contributed by atoms with van der Waals surface area (Å²) in [7, 11) is 0. The van der Waals surface area contributed by atoms with Gasteiger partial charge in [-0.1, -0.05) is 0 Å². The Labute approximate surface area is 180 Å². The van der Waals surface area contributed by atoms with Gasteiger partial charge in [0.1, 0.15) is 18.1 Å². The number of carbonyl (C=O) groups is 7. The average molecular weight is 463 g/mol. The Morgan fingerprint density at radius 1 is 0.750 bits per heavy atom. The van der Waals surface area contributed by atoms with Gasteiger partial charge >= 0.3 is 17.9 Å². The van der Waals surface area contributed by atoms with E-state index in [1.54, 1.807) is 5.32 Å². The van der Waals surface area contributed by atoms with Gasteiger partial charge in [0.25, 0.3) is 0 Å². The van der Waals surface area contributed by atoms with Crippen LogP contribution in [0.15, 0.2) is 0 Å². The van der Waals surface area contributed by atoms with Gasteiger partial charge in [0, 0.05) is 0 Å². The summed E-state index contributed by atoms with van der Waals surface area (Å²) < 4.78 is 0. The third-order valence-electron chi connectivity index (χ3n) is 3.83. The summed E-state index contributed by atoms with van der Waals surface area (Å²) >= 11 is 0. The van der Waals surface area contributed by atoms with Crippen LogP contribution in [0.25, 0.3) is 0 Å². The van der Waals surface area contributed by atoms with Crippen LogP contribution in [0.5, 0.6) is 0 Å². The van der Waals surface area contributed by atoms with Crippen LogP contribution in [0, 0.1) is 0 Å². The molecule has 0 aromatic heterocycles. The minimum Gasteiger partial charge on any atom is -0.481 e. The normalized spacial score (nSPS) is 15.2. The van der Waals surface area contributed by atoms with Gasteiger partial charge in [0.05, 0.1) is 31.4 Å². The van der Waals surface area contributed by atoms with Crippen LogP contribution in [-0.4, -0.2) is 92.2 Å². The van der Waals surface area contributed by atoms with Crippen LogP contribution >= 0.6 is 0 Å². The quantitative estimate of drug-likeness (QED) is 0.117. The van der Waals surface area contributed by atoms with Crippen molar-refractivity contribution in [2.45, 2.75) is 56.5 Å². The molecule has 0 fully saturated rings. The molecule has 32 heavy (non-hydrogen) atoms. The Balaban J connectivity index is 5.49. The first-order valence-electron chi connectivity index (χ1n) is 8.95. The summed E-state index contributed by atoms with van der Waals surface area (Å²) in [5.41, 5.74) is 10.3. The van der Waals surface area contributed by atoms with E-state index in [4.69, 9.17) is 26.8 Å². The van der Waals surface area contributed by atoms with Crippen molar-refractivity contribution in [2.24, 2.45) is 11.5 Å². The van der Waals surface area contributed by atoms with Crippen molar-refractivity contribution < 1.29 is 54.0 Å². The molecule has 0 aliphatic heterocycles. The highest BCUT2D eigenvalue weighted by molar-refractivity contribution is 5.96. The Morgan fingerprint density at radius 2 is 1.22 bits per heavy atom. The molecule has 11 N–H and O–H groups in total. The van der Waals surface area contributed by atoms with Gasteiger partial charge in [-0.15, -0.1) is 0 Å². The fourth-order valence-corrected chi connectivity index (χ4v) is 2.27. The molecule has 4 amide bonds. The van der Waals surface area contributed by atoms with E-state index in [9.17, 15) is 38.7 Å². The van der Waals surface area contributed by atoms with E-state index >= 15 is 0 Å². The van der Waals surface area contributed by atoms with Crippen LogP contribution in [0.2, 0.25) is 0 Å². The van der Waals surface area contributed by atoms with Crippen molar-refractivity contribution in [2.75, 3.05) is 0 Å². The van der Waals surface area contributed by atoms with Crippen molar-refractivity contribution >= 4 is 41.5 Å². The molecule has 16 nitrogen and oxygen atoms in total. The number of carboxylic acids is 3. The fraction of sp³-hybridized carbons (Fsp3) is 0.562. The fourth-order valence-electron chi connectivity index (χ4n) is 2.27. The van der Waals surface area contributed by atoms with Crippen molar-refractivity contribution in [1.29, 1.82) is 0 Å². The summed E-state index contributed by atoms with van der Waals surface area (Å²) in [5, 5.41) is 42.2. The molecule has 0 aromatic rings. The van der Waals surface area contributed by atoms with E-state index < -0.39 is 91.1 Å². The minimum absolute atomic E-state index is 0.579. The number of aliphatic hydroxyl groups is 1. The largest absolute Gasteiger partial charge is 0.481 e. The highest BCUT2D eigenvalue weighted by atomic mass is 16.4. The van der Waals surface area contributed by atoms with Gasteiger partial charge in [0.2, 0.25) is 23.6 Å². The Hall–Kier alpha value is -3.79. The third kappa shape index (κ3) is 10.3. The molecule has 0 rings (SSSR count). The second-order valence-corrected chi connectivity index (χ2v) is 6.66. The summed E-state index contributed by atoms with van der Waals surface area (Å²) in [6.45, 7) is 1.07. The van der Waals surface area contributed by atoms with E-state index in [1.807, 2.05) is 10.6 Å². The second kappa shape index (κ2) is 12.8. The maximum atomic E-state index is 12.5. The van der Waals surface area contributed by atoms with Gasteiger partial charge in [-0.3, -0.25) is 28.8 Å². The number of amides is 4.